The van der Waals surface area contributed by atoms with Crippen molar-refractivity contribution in [2.45, 2.75) is 31.9 Å². The zero-order valence-corrected chi connectivity index (χ0v) is 14.8. The number of ether oxygens (including phenoxy) is 1. The van der Waals surface area contributed by atoms with Crippen LogP contribution in [0.4, 0.5) is 5.95 Å². The lowest BCUT2D eigenvalue weighted by Crippen LogP contribution is -2.25. The topological polar surface area (TPSA) is 68.1 Å². The first-order valence-corrected chi connectivity index (χ1v) is 9.16. The maximum Gasteiger partial charge on any atom is 0.225 e. The number of rotatable bonds is 6. The van der Waals surface area contributed by atoms with E-state index in [0.717, 1.165) is 50.7 Å². The fourth-order valence-corrected chi connectivity index (χ4v) is 3.72. The van der Waals surface area contributed by atoms with Crippen LogP contribution in [-0.2, 0) is 18.3 Å². The van der Waals surface area contributed by atoms with Crippen LogP contribution in [0.5, 0.6) is 0 Å². The van der Waals surface area contributed by atoms with E-state index >= 15 is 0 Å². The van der Waals surface area contributed by atoms with Crippen LogP contribution in [-0.4, -0.2) is 46.0 Å². The molecule has 25 heavy (non-hydrogen) atoms. The second-order valence-corrected chi connectivity index (χ2v) is 7.00. The maximum atomic E-state index is 5.92. The molecule has 2 aromatic rings. The molecule has 1 N–H and O–H groups in total. The quantitative estimate of drug-likeness (QED) is 0.861. The van der Waals surface area contributed by atoms with Crippen molar-refractivity contribution in [2.75, 3.05) is 31.1 Å². The molecule has 0 aromatic carbocycles. The molecule has 0 spiro atoms. The van der Waals surface area contributed by atoms with Crippen molar-refractivity contribution in [1.82, 2.24) is 25.1 Å². The number of nitrogens with zero attached hydrogens (tertiary/aromatic N) is 5. The Labute approximate surface area is 148 Å². The average molecular weight is 342 g/mol. The second kappa shape index (κ2) is 7.49. The summed E-state index contributed by atoms with van der Waals surface area (Å²) >= 11 is 0. The summed E-state index contributed by atoms with van der Waals surface area (Å²) in [5.74, 6) is 1.34. The number of aromatic nitrogens is 4. The Kier molecular flexibility index (Phi) is 4.94. The summed E-state index contributed by atoms with van der Waals surface area (Å²) < 4.78 is 7.75. The number of hydrogen-bond acceptors (Lipinski definition) is 6. The van der Waals surface area contributed by atoms with Gasteiger partial charge in [0, 0.05) is 75.5 Å². The number of hydrogen-bond donors (Lipinski definition) is 1. The molecule has 0 saturated carbocycles. The van der Waals surface area contributed by atoms with Crippen LogP contribution in [0.3, 0.4) is 0 Å². The Balaban J connectivity index is 1.28. The summed E-state index contributed by atoms with van der Waals surface area (Å²) in [7, 11) is 1.94. The van der Waals surface area contributed by atoms with Crippen LogP contribution < -0.4 is 10.2 Å². The second-order valence-electron chi connectivity index (χ2n) is 7.00. The Hall–Kier alpha value is -1.99. The summed E-state index contributed by atoms with van der Waals surface area (Å²) in [6.45, 7) is 4.69. The lowest BCUT2D eigenvalue weighted by molar-refractivity contribution is 0.0904. The molecule has 0 aliphatic carbocycles. The van der Waals surface area contributed by atoms with Gasteiger partial charge in [0.05, 0.1) is 12.3 Å². The highest BCUT2D eigenvalue weighted by Gasteiger charge is 2.30. The summed E-state index contributed by atoms with van der Waals surface area (Å²) in [6.07, 6.45) is 11.6. The number of nitrogens with one attached hydrogen (secondary N) is 1. The van der Waals surface area contributed by atoms with Crippen LogP contribution in [0, 0.1) is 5.92 Å². The monoisotopic (exact) mass is 342 g/mol. The van der Waals surface area contributed by atoms with Crippen molar-refractivity contribution in [3.63, 3.8) is 0 Å². The molecule has 4 heterocycles. The van der Waals surface area contributed by atoms with Gasteiger partial charge in [-0.15, -0.1) is 0 Å². The SMILES string of the molecule is Cn1cc([C@@H]2OCC[C@H]2CNCc2cnc(N3CCCC3)nc2)cn1. The zero-order chi connectivity index (χ0) is 17.1. The van der Waals surface area contributed by atoms with E-state index in [9.17, 15) is 0 Å². The van der Waals surface area contributed by atoms with Crippen LogP contribution in [0.1, 0.15) is 36.5 Å². The van der Waals surface area contributed by atoms with Crippen molar-refractivity contribution in [3.05, 3.63) is 35.9 Å². The smallest absolute Gasteiger partial charge is 0.225 e. The number of anilines is 1. The van der Waals surface area contributed by atoms with Crippen LogP contribution >= 0.6 is 0 Å². The first kappa shape index (κ1) is 16.5. The Morgan fingerprint density at radius 1 is 1.20 bits per heavy atom. The molecule has 7 nitrogen and oxygen atoms in total. The van der Waals surface area contributed by atoms with Gasteiger partial charge >= 0.3 is 0 Å². The summed E-state index contributed by atoms with van der Waals surface area (Å²) in [5, 5.41) is 7.80. The molecule has 2 aliphatic heterocycles. The molecule has 4 rings (SSSR count). The van der Waals surface area contributed by atoms with Gasteiger partial charge in [-0.05, 0) is 19.3 Å². The van der Waals surface area contributed by atoms with Gasteiger partial charge in [-0.2, -0.15) is 5.10 Å². The van der Waals surface area contributed by atoms with Crippen molar-refractivity contribution >= 4 is 5.95 Å². The maximum absolute atomic E-state index is 5.92. The van der Waals surface area contributed by atoms with E-state index < -0.39 is 0 Å². The highest BCUT2D eigenvalue weighted by Crippen LogP contribution is 2.33. The average Bonchev–Trinajstić information content (AvgIpc) is 3.37. The van der Waals surface area contributed by atoms with E-state index in [1.807, 2.05) is 36.5 Å². The zero-order valence-electron chi connectivity index (χ0n) is 14.8. The van der Waals surface area contributed by atoms with Crippen molar-refractivity contribution in [3.8, 4) is 0 Å². The van der Waals surface area contributed by atoms with Gasteiger partial charge < -0.3 is 15.0 Å². The molecule has 2 atom stereocenters. The molecule has 0 radical (unpaired) electrons. The molecule has 2 aliphatic rings. The molecule has 0 amide bonds. The Morgan fingerprint density at radius 2 is 2.00 bits per heavy atom. The molecule has 7 heteroatoms. The number of aryl methyl sites for hydroxylation is 1. The molecule has 2 fully saturated rings. The summed E-state index contributed by atoms with van der Waals surface area (Å²) in [4.78, 5) is 11.3. The first-order valence-electron chi connectivity index (χ1n) is 9.16. The molecular weight excluding hydrogens is 316 g/mol. The van der Waals surface area contributed by atoms with Crippen LogP contribution in [0.2, 0.25) is 0 Å². The lowest BCUT2D eigenvalue weighted by Gasteiger charge is -2.18. The minimum Gasteiger partial charge on any atom is -0.373 e. The third-order valence-corrected chi connectivity index (χ3v) is 5.08. The van der Waals surface area contributed by atoms with Gasteiger partial charge in [0.2, 0.25) is 5.95 Å². The Bertz CT molecular complexity index is 679. The van der Waals surface area contributed by atoms with Crippen molar-refractivity contribution in [2.24, 2.45) is 13.0 Å². The molecule has 134 valence electrons. The van der Waals surface area contributed by atoms with E-state index in [4.69, 9.17) is 4.74 Å². The first-order chi connectivity index (χ1) is 12.3. The molecular formula is C18H26N6O. The lowest BCUT2D eigenvalue weighted by atomic mass is 9.97. The van der Waals surface area contributed by atoms with Gasteiger partial charge in [0.25, 0.3) is 0 Å². The Morgan fingerprint density at radius 3 is 2.72 bits per heavy atom. The van der Waals surface area contributed by atoms with E-state index in [2.05, 4.69) is 25.3 Å². The van der Waals surface area contributed by atoms with E-state index in [0.29, 0.717) is 5.92 Å². The predicted octanol–water partition coefficient (Wildman–Crippen LogP) is 1.68. The van der Waals surface area contributed by atoms with Gasteiger partial charge in [-0.3, -0.25) is 4.68 Å². The van der Waals surface area contributed by atoms with Gasteiger partial charge in [-0.1, -0.05) is 0 Å². The molecule has 0 unspecified atom stereocenters. The van der Waals surface area contributed by atoms with Gasteiger partial charge in [0.15, 0.2) is 0 Å². The minimum atomic E-state index is 0.148. The normalized spacial score (nSPS) is 23.5. The van der Waals surface area contributed by atoms with Gasteiger partial charge in [0.1, 0.15) is 0 Å². The fourth-order valence-electron chi connectivity index (χ4n) is 3.72. The fraction of sp³-hybridized carbons (Fsp3) is 0.611. The van der Waals surface area contributed by atoms with Crippen molar-refractivity contribution in [1.29, 1.82) is 0 Å². The van der Waals surface area contributed by atoms with E-state index in [1.54, 1.807) is 0 Å². The predicted molar refractivity (Wildman–Crippen MR) is 95.2 cm³/mol. The van der Waals surface area contributed by atoms with Crippen LogP contribution in [0.15, 0.2) is 24.8 Å². The summed E-state index contributed by atoms with van der Waals surface area (Å²) in [5.41, 5.74) is 2.30. The van der Waals surface area contributed by atoms with Gasteiger partial charge in [-0.25, -0.2) is 9.97 Å². The highest BCUT2D eigenvalue weighted by molar-refractivity contribution is 5.30. The molecule has 2 aromatic heterocycles. The largest absolute Gasteiger partial charge is 0.373 e. The molecule has 0 bridgehead atoms. The third-order valence-electron chi connectivity index (χ3n) is 5.08. The summed E-state index contributed by atoms with van der Waals surface area (Å²) in [6, 6.07) is 0. The molecule has 2 saturated heterocycles. The third kappa shape index (κ3) is 3.82. The minimum absolute atomic E-state index is 0.148. The van der Waals surface area contributed by atoms with E-state index in [1.165, 1.54) is 18.4 Å². The van der Waals surface area contributed by atoms with Crippen molar-refractivity contribution < 1.29 is 4.74 Å². The standard InChI is InChI=1S/C18H26N6O/c1-23-13-16(12-22-23)17-15(4-7-25-17)11-19-8-14-9-20-18(21-10-14)24-5-2-3-6-24/h9-10,12-13,15,17,19H,2-8,11H2,1H3/t15-,17+/m0/s1. The van der Waals surface area contributed by atoms with E-state index in [-0.39, 0.29) is 6.10 Å². The highest BCUT2D eigenvalue weighted by atomic mass is 16.5. The van der Waals surface area contributed by atoms with Crippen LogP contribution in [0.25, 0.3) is 0 Å².